The molecule has 140 valence electrons. The second-order valence-corrected chi connectivity index (χ2v) is 7.76. The van der Waals surface area contributed by atoms with Crippen molar-refractivity contribution in [2.45, 2.75) is 13.5 Å². The van der Waals surface area contributed by atoms with Gasteiger partial charge in [0.05, 0.1) is 11.5 Å². The molecule has 0 unspecified atom stereocenters. The van der Waals surface area contributed by atoms with Crippen molar-refractivity contribution in [1.82, 2.24) is 5.32 Å². The van der Waals surface area contributed by atoms with Gasteiger partial charge in [0.2, 0.25) is 0 Å². The van der Waals surface area contributed by atoms with Gasteiger partial charge in [-0.1, -0.05) is 45.7 Å². The average molecular weight is 469 g/mol. The van der Waals surface area contributed by atoms with Crippen molar-refractivity contribution in [3.8, 4) is 11.5 Å². The third kappa shape index (κ3) is 4.86. The molecule has 3 rings (SSSR count). The highest BCUT2D eigenvalue weighted by molar-refractivity contribution is 9.10. The molecule has 0 saturated carbocycles. The maximum absolute atomic E-state index is 11.8. The van der Waals surface area contributed by atoms with Crippen LogP contribution in [0, 0.1) is 0 Å². The van der Waals surface area contributed by atoms with Crippen molar-refractivity contribution in [1.29, 1.82) is 0 Å². The molecular weight excluding hydrogens is 454 g/mol. The molecule has 0 aromatic heterocycles. The predicted octanol–water partition coefficient (Wildman–Crippen LogP) is 5.40. The number of ether oxygens (including phenoxy) is 2. The number of imide groups is 1. The van der Waals surface area contributed by atoms with Crippen LogP contribution >= 0.6 is 39.3 Å². The number of benzene rings is 2. The largest absolute Gasteiger partial charge is 0.490 e. The fourth-order valence-electron chi connectivity index (χ4n) is 2.38. The van der Waals surface area contributed by atoms with E-state index >= 15 is 0 Å². The van der Waals surface area contributed by atoms with Crippen molar-refractivity contribution < 1.29 is 19.1 Å². The van der Waals surface area contributed by atoms with Gasteiger partial charge in [-0.3, -0.25) is 14.9 Å². The molecule has 2 amide bonds. The molecule has 2 aromatic carbocycles. The first-order valence-corrected chi connectivity index (χ1v) is 10.0. The van der Waals surface area contributed by atoms with Gasteiger partial charge < -0.3 is 9.47 Å². The second kappa shape index (κ2) is 8.82. The minimum Gasteiger partial charge on any atom is -0.490 e. The van der Waals surface area contributed by atoms with Gasteiger partial charge in [0.15, 0.2) is 11.5 Å². The van der Waals surface area contributed by atoms with Gasteiger partial charge in [-0.05, 0) is 48.5 Å². The van der Waals surface area contributed by atoms with Crippen LogP contribution in [0.3, 0.4) is 0 Å². The Hall–Kier alpha value is -1.96. The number of hydrogen-bond acceptors (Lipinski definition) is 5. The van der Waals surface area contributed by atoms with Gasteiger partial charge in [0.1, 0.15) is 6.61 Å². The standard InChI is InChI=1S/C19H15BrClNO4S/c1-2-25-15-7-12(8-17-18(23)22-19(24)27-17)13(20)9-16(15)26-10-11-5-3-4-6-14(11)21/h3-9H,2,10H2,1H3,(H,22,23,24)/b17-8+. The van der Waals surface area contributed by atoms with E-state index in [9.17, 15) is 9.59 Å². The highest BCUT2D eigenvalue weighted by atomic mass is 79.9. The van der Waals surface area contributed by atoms with Crippen LogP contribution in [0.25, 0.3) is 6.08 Å². The molecule has 2 aromatic rings. The zero-order valence-electron chi connectivity index (χ0n) is 14.3. The van der Waals surface area contributed by atoms with E-state index in [2.05, 4.69) is 21.2 Å². The SMILES string of the molecule is CCOc1cc(/C=C2/SC(=O)NC2=O)c(Br)cc1OCc1ccccc1Cl. The number of thioether (sulfide) groups is 1. The third-order valence-corrected chi connectivity index (χ3v) is 5.50. The lowest BCUT2D eigenvalue weighted by Gasteiger charge is -2.14. The topological polar surface area (TPSA) is 64.6 Å². The van der Waals surface area contributed by atoms with Crippen molar-refractivity contribution in [2.75, 3.05) is 6.61 Å². The van der Waals surface area contributed by atoms with Gasteiger partial charge in [-0.25, -0.2) is 0 Å². The van der Waals surface area contributed by atoms with E-state index in [-0.39, 0.29) is 5.24 Å². The Labute approximate surface area is 174 Å². The molecule has 27 heavy (non-hydrogen) atoms. The first-order chi connectivity index (χ1) is 13.0. The number of halogens is 2. The van der Waals surface area contributed by atoms with E-state index < -0.39 is 5.91 Å². The summed E-state index contributed by atoms with van der Waals surface area (Å²) in [5.41, 5.74) is 1.57. The second-order valence-electron chi connectivity index (χ2n) is 5.49. The molecule has 0 atom stereocenters. The van der Waals surface area contributed by atoms with E-state index in [0.29, 0.717) is 44.7 Å². The summed E-state index contributed by atoms with van der Waals surface area (Å²) in [5.74, 6) is 0.675. The van der Waals surface area contributed by atoms with Crippen LogP contribution in [0.4, 0.5) is 4.79 Å². The Balaban J connectivity index is 1.88. The number of carbonyl (C=O) groups is 2. The number of carbonyl (C=O) groups excluding carboxylic acids is 2. The Morgan fingerprint density at radius 1 is 1.19 bits per heavy atom. The van der Waals surface area contributed by atoms with Crippen LogP contribution < -0.4 is 14.8 Å². The molecule has 5 nitrogen and oxygen atoms in total. The Bertz CT molecular complexity index is 932. The maximum Gasteiger partial charge on any atom is 0.290 e. The summed E-state index contributed by atoms with van der Waals surface area (Å²) < 4.78 is 12.3. The fourth-order valence-corrected chi connectivity index (χ4v) is 3.68. The monoisotopic (exact) mass is 467 g/mol. The van der Waals surface area contributed by atoms with Crippen LogP contribution in [-0.4, -0.2) is 17.8 Å². The van der Waals surface area contributed by atoms with Gasteiger partial charge in [0, 0.05) is 15.1 Å². The minimum absolute atomic E-state index is 0.291. The molecule has 1 N–H and O–H groups in total. The zero-order chi connectivity index (χ0) is 19.4. The van der Waals surface area contributed by atoms with Crippen molar-refractivity contribution >= 4 is 56.5 Å². The van der Waals surface area contributed by atoms with Gasteiger partial charge in [0.25, 0.3) is 11.1 Å². The van der Waals surface area contributed by atoms with Crippen LogP contribution in [0.5, 0.6) is 11.5 Å². The maximum atomic E-state index is 11.8. The van der Waals surface area contributed by atoms with Crippen molar-refractivity contribution in [3.63, 3.8) is 0 Å². The van der Waals surface area contributed by atoms with E-state index in [1.165, 1.54) is 0 Å². The van der Waals surface area contributed by atoms with Crippen LogP contribution in [0.2, 0.25) is 5.02 Å². The van der Waals surface area contributed by atoms with E-state index in [4.69, 9.17) is 21.1 Å². The number of nitrogens with one attached hydrogen (secondary N) is 1. The summed E-state index contributed by atoms with van der Waals surface area (Å²) in [7, 11) is 0. The van der Waals surface area contributed by atoms with E-state index in [0.717, 1.165) is 17.3 Å². The molecule has 1 aliphatic rings. The van der Waals surface area contributed by atoms with Crippen molar-refractivity contribution in [2.24, 2.45) is 0 Å². The lowest BCUT2D eigenvalue weighted by Crippen LogP contribution is -2.17. The molecule has 0 spiro atoms. The highest BCUT2D eigenvalue weighted by Gasteiger charge is 2.25. The molecule has 0 radical (unpaired) electrons. The Morgan fingerprint density at radius 3 is 2.59 bits per heavy atom. The van der Waals surface area contributed by atoms with Crippen molar-refractivity contribution in [3.05, 3.63) is 61.9 Å². The highest BCUT2D eigenvalue weighted by Crippen LogP contribution is 2.37. The summed E-state index contributed by atoms with van der Waals surface area (Å²) in [6.45, 7) is 2.62. The fraction of sp³-hybridized carbons (Fsp3) is 0.158. The van der Waals surface area contributed by atoms with Crippen LogP contribution in [-0.2, 0) is 11.4 Å². The average Bonchev–Trinajstić information content (AvgIpc) is 2.95. The quantitative estimate of drug-likeness (QED) is 0.575. The zero-order valence-corrected chi connectivity index (χ0v) is 17.4. The number of amides is 2. The number of rotatable bonds is 6. The minimum atomic E-state index is -0.408. The molecule has 0 aliphatic carbocycles. The van der Waals surface area contributed by atoms with Gasteiger partial charge >= 0.3 is 0 Å². The van der Waals surface area contributed by atoms with E-state index in [1.54, 1.807) is 24.3 Å². The molecule has 0 bridgehead atoms. The lowest BCUT2D eigenvalue weighted by atomic mass is 10.1. The Kier molecular flexibility index (Phi) is 6.46. The molecule has 1 fully saturated rings. The van der Waals surface area contributed by atoms with Gasteiger partial charge in [-0.2, -0.15) is 0 Å². The molecule has 1 saturated heterocycles. The molecule has 8 heteroatoms. The van der Waals surface area contributed by atoms with Gasteiger partial charge in [-0.15, -0.1) is 0 Å². The summed E-state index contributed by atoms with van der Waals surface area (Å²) in [6.07, 6.45) is 1.63. The molecular formula is C19H15BrClNO4S. The third-order valence-electron chi connectivity index (χ3n) is 3.63. The summed E-state index contributed by atoms with van der Waals surface area (Å²) in [6, 6.07) is 11.0. The summed E-state index contributed by atoms with van der Waals surface area (Å²) in [5, 5.41) is 2.48. The smallest absolute Gasteiger partial charge is 0.290 e. The van der Waals surface area contributed by atoms with Crippen LogP contribution in [0.15, 0.2) is 45.8 Å². The normalized spacial score (nSPS) is 15.1. The first kappa shape index (κ1) is 19.8. The summed E-state index contributed by atoms with van der Waals surface area (Å²) in [4.78, 5) is 23.4. The number of hydrogen-bond donors (Lipinski definition) is 1. The van der Waals surface area contributed by atoms with E-state index in [1.807, 2.05) is 25.1 Å². The summed E-state index contributed by atoms with van der Waals surface area (Å²) >= 11 is 10.5. The van der Waals surface area contributed by atoms with Crippen LogP contribution in [0.1, 0.15) is 18.1 Å². The predicted molar refractivity (Wildman–Crippen MR) is 110 cm³/mol. The molecule has 1 heterocycles. The first-order valence-electron chi connectivity index (χ1n) is 8.05. The Morgan fingerprint density at radius 2 is 1.93 bits per heavy atom. The lowest BCUT2D eigenvalue weighted by molar-refractivity contribution is -0.115. The molecule has 1 aliphatic heterocycles.